The number of carbonyl (C=O) groups excluding carboxylic acids is 2. The molecule has 2 amide bonds. The SMILES string of the molecule is CC(O)C(N)CNC(=O)c1ccc2c(c1)CCC(=O)N2. The van der Waals surface area contributed by atoms with Crippen LogP contribution in [0.25, 0.3) is 0 Å². The van der Waals surface area contributed by atoms with Gasteiger partial charge in [0.1, 0.15) is 0 Å². The highest BCUT2D eigenvalue weighted by molar-refractivity contribution is 5.97. The van der Waals surface area contributed by atoms with Crippen molar-refractivity contribution < 1.29 is 14.7 Å². The van der Waals surface area contributed by atoms with Gasteiger partial charge >= 0.3 is 0 Å². The first-order valence-corrected chi connectivity index (χ1v) is 6.62. The number of aliphatic hydroxyl groups is 1. The third-order valence-electron chi connectivity index (χ3n) is 3.38. The highest BCUT2D eigenvalue weighted by Crippen LogP contribution is 2.23. The van der Waals surface area contributed by atoms with Gasteiger partial charge in [-0.2, -0.15) is 0 Å². The third-order valence-corrected chi connectivity index (χ3v) is 3.38. The van der Waals surface area contributed by atoms with Crippen LogP contribution in [0.2, 0.25) is 0 Å². The summed E-state index contributed by atoms with van der Waals surface area (Å²) in [5.74, 6) is -0.238. The van der Waals surface area contributed by atoms with Crippen molar-refractivity contribution in [3.8, 4) is 0 Å². The van der Waals surface area contributed by atoms with Crippen molar-refractivity contribution in [1.82, 2.24) is 5.32 Å². The number of hydrogen-bond donors (Lipinski definition) is 4. The number of fused-ring (bicyclic) bond motifs is 1. The molecule has 0 bridgehead atoms. The predicted octanol–water partition coefficient (Wildman–Crippen LogP) is 0.00920. The summed E-state index contributed by atoms with van der Waals surface area (Å²) in [5, 5.41) is 14.7. The van der Waals surface area contributed by atoms with E-state index in [9.17, 15) is 14.7 Å². The first kappa shape index (κ1) is 14.5. The largest absolute Gasteiger partial charge is 0.392 e. The molecular weight excluding hydrogens is 258 g/mol. The normalized spacial score (nSPS) is 16.9. The number of anilines is 1. The lowest BCUT2D eigenvalue weighted by molar-refractivity contribution is -0.116. The summed E-state index contributed by atoms with van der Waals surface area (Å²) in [7, 11) is 0. The van der Waals surface area contributed by atoms with Gasteiger partial charge in [0.2, 0.25) is 5.91 Å². The summed E-state index contributed by atoms with van der Waals surface area (Å²) >= 11 is 0. The number of nitrogens with one attached hydrogen (secondary N) is 2. The van der Waals surface area contributed by atoms with Crippen molar-refractivity contribution in [1.29, 1.82) is 0 Å². The number of nitrogens with two attached hydrogens (primary N) is 1. The molecule has 5 N–H and O–H groups in total. The van der Waals surface area contributed by atoms with E-state index in [-0.39, 0.29) is 18.4 Å². The van der Waals surface area contributed by atoms with E-state index in [4.69, 9.17) is 5.73 Å². The topological polar surface area (TPSA) is 104 Å². The van der Waals surface area contributed by atoms with Crippen LogP contribution in [0.1, 0.15) is 29.3 Å². The summed E-state index contributed by atoms with van der Waals surface area (Å²) in [6, 6.07) is 4.68. The number of hydrogen-bond acceptors (Lipinski definition) is 4. The molecule has 0 radical (unpaired) electrons. The van der Waals surface area contributed by atoms with Crippen LogP contribution in [-0.2, 0) is 11.2 Å². The van der Waals surface area contributed by atoms with Gasteiger partial charge < -0.3 is 21.5 Å². The lowest BCUT2D eigenvalue weighted by Crippen LogP contribution is -2.43. The van der Waals surface area contributed by atoms with Crippen molar-refractivity contribution in [3.63, 3.8) is 0 Å². The van der Waals surface area contributed by atoms with Crippen LogP contribution in [-0.4, -0.2) is 35.6 Å². The van der Waals surface area contributed by atoms with Crippen molar-refractivity contribution in [2.75, 3.05) is 11.9 Å². The molecule has 20 heavy (non-hydrogen) atoms. The fraction of sp³-hybridized carbons (Fsp3) is 0.429. The fourth-order valence-electron chi connectivity index (χ4n) is 2.01. The van der Waals surface area contributed by atoms with Crippen LogP contribution >= 0.6 is 0 Å². The van der Waals surface area contributed by atoms with Gasteiger partial charge in [0, 0.05) is 30.3 Å². The van der Waals surface area contributed by atoms with Crippen molar-refractivity contribution >= 4 is 17.5 Å². The molecule has 0 saturated heterocycles. The Hall–Kier alpha value is -1.92. The van der Waals surface area contributed by atoms with Crippen LogP contribution in [0.15, 0.2) is 18.2 Å². The zero-order valence-electron chi connectivity index (χ0n) is 11.3. The van der Waals surface area contributed by atoms with Crippen molar-refractivity contribution in [3.05, 3.63) is 29.3 Å². The molecule has 6 heteroatoms. The molecule has 0 aromatic heterocycles. The summed E-state index contributed by atoms with van der Waals surface area (Å²) in [5.41, 5.74) is 7.90. The van der Waals surface area contributed by atoms with Gasteiger partial charge in [-0.15, -0.1) is 0 Å². The Morgan fingerprint density at radius 3 is 2.95 bits per heavy atom. The fourth-order valence-corrected chi connectivity index (χ4v) is 2.01. The second-order valence-electron chi connectivity index (χ2n) is 5.03. The standard InChI is InChI=1S/C14H19N3O3/c1-8(18)11(15)7-16-14(20)10-2-4-12-9(6-10)3-5-13(19)17-12/h2,4,6,8,11,18H,3,5,7,15H2,1H3,(H,16,20)(H,17,19). The van der Waals surface area contributed by atoms with Crippen LogP contribution in [0.3, 0.4) is 0 Å². The summed E-state index contributed by atoms with van der Waals surface area (Å²) in [6.45, 7) is 1.79. The smallest absolute Gasteiger partial charge is 0.251 e. The second-order valence-corrected chi connectivity index (χ2v) is 5.03. The Kier molecular flexibility index (Phi) is 4.36. The number of aliphatic hydroxyl groups excluding tert-OH is 1. The Morgan fingerprint density at radius 2 is 2.25 bits per heavy atom. The van der Waals surface area contributed by atoms with Crippen LogP contribution < -0.4 is 16.4 Å². The average Bonchev–Trinajstić information content (AvgIpc) is 2.43. The van der Waals surface area contributed by atoms with Crippen LogP contribution in [0.4, 0.5) is 5.69 Å². The number of rotatable bonds is 4. The molecule has 2 rings (SSSR count). The van der Waals surface area contributed by atoms with E-state index in [1.807, 2.05) is 0 Å². The minimum absolute atomic E-state index is 0.00221. The number of aryl methyl sites for hydroxylation is 1. The highest BCUT2D eigenvalue weighted by Gasteiger charge is 2.17. The molecule has 0 fully saturated rings. The molecule has 6 nitrogen and oxygen atoms in total. The van der Waals surface area contributed by atoms with Gasteiger partial charge in [0.15, 0.2) is 0 Å². The maximum absolute atomic E-state index is 12.0. The molecule has 0 aliphatic carbocycles. The summed E-state index contributed by atoms with van der Waals surface area (Å²) < 4.78 is 0. The average molecular weight is 277 g/mol. The van der Waals surface area contributed by atoms with Gasteiger partial charge in [-0.05, 0) is 37.1 Å². The van der Waals surface area contributed by atoms with Gasteiger partial charge in [0.25, 0.3) is 5.91 Å². The molecule has 1 heterocycles. The van der Waals surface area contributed by atoms with E-state index in [1.54, 1.807) is 25.1 Å². The Bertz CT molecular complexity index is 528. The van der Waals surface area contributed by atoms with Gasteiger partial charge in [-0.1, -0.05) is 0 Å². The van der Waals surface area contributed by atoms with Crippen LogP contribution in [0, 0.1) is 0 Å². The monoisotopic (exact) mass is 277 g/mol. The van der Waals surface area contributed by atoms with E-state index in [2.05, 4.69) is 10.6 Å². The van der Waals surface area contributed by atoms with E-state index in [0.717, 1.165) is 11.3 Å². The predicted molar refractivity (Wildman–Crippen MR) is 75.4 cm³/mol. The Balaban J connectivity index is 2.02. The first-order chi connectivity index (χ1) is 9.47. The first-order valence-electron chi connectivity index (χ1n) is 6.62. The molecule has 2 unspecified atom stereocenters. The highest BCUT2D eigenvalue weighted by atomic mass is 16.3. The molecule has 2 atom stereocenters. The molecule has 1 aliphatic heterocycles. The zero-order valence-corrected chi connectivity index (χ0v) is 11.3. The maximum atomic E-state index is 12.0. The summed E-state index contributed by atoms with van der Waals surface area (Å²) in [6.07, 6.45) is 0.398. The molecule has 1 aromatic carbocycles. The molecule has 1 aromatic rings. The van der Waals surface area contributed by atoms with Crippen molar-refractivity contribution in [2.24, 2.45) is 5.73 Å². The van der Waals surface area contributed by atoms with Crippen LogP contribution in [0.5, 0.6) is 0 Å². The number of amides is 2. The van der Waals surface area contributed by atoms with E-state index in [1.165, 1.54) is 0 Å². The molecule has 1 aliphatic rings. The quantitative estimate of drug-likeness (QED) is 0.622. The summed E-state index contributed by atoms with van der Waals surface area (Å²) in [4.78, 5) is 23.2. The minimum atomic E-state index is -0.672. The number of benzene rings is 1. The third kappa shape index (κ3) is 3.34. The van der Waals surface area contributed by atoms with Crippen molar-refractivity contribution in [2.45, 2.75) is 31.9 Å². The van der Waals surface area contributed by atoms with E-state index < -0.39 is 12.1 Å². The van der Waals surface area contributed by atoms with Gasteiger partial charge in [-0.25, -0.2) is 0 Å². The van der Waals surface area contributed by atoms with Gasteiger partial charge in [-0.3, -0.25) is 9.59 Å². The zero-order chi connectivity index (χ0) is 14.7. The molecule has 0 saturated carbocycles. The molecule has 0 spiro atoms. The minimum Gasteiger partial charge on any atom is -0.392 e. The Labute approximate surface area is 117 Å². The number of carbonyl (C=O) groups is 2. The second kappa shape index (κ2) is 6.02. The lowest BCUT2D eigenvalue weighted by Gasteiger charge is -2.18. The van der Waals surface area contributed by atoms with Gasteiger partial charge in [0.05, 0.1) is 6.10 Å². The molecular formula is C14H19N3O3. The maximum Gasteiger partial charge on any atom is 0.251 e. The lowest BCUT2D eigenvalue weighted by atomic mass is 10.00. The molecule has 108 valence electrons. The van der Waals surface area contributed by atoms with E-state index >= 15 is 0 Å². The Morgan fingerprint density at radius 1 is 1.50 bits per heavy atom. The van der Waals surface area contributed by atoms with E-state index in [0.29, 0.717) is 18.4 Å².